The van der Waals surface area contributed by atoms with Crippen LogP contribution in [-0.2, 0) is 23.9 Å². The molecule has 154 valence electrons. The lowest BCUT2D eigenvalue weighted by atomic mass is 9.47. The third kappa shape index (κ3) is 2.93. The second-order valence-corrected chi connectivity index (χ2v) is 9.88. The van der Waals surface area contributed by atoms with Crippen molar-refractivity contribution in [3.05, 3.63) is 11.6 Å². The second kappa shape index (κ2) is 6.70. The lowest BCUT2D eigenvalue weighted by Crippen LogP contribution is -2.57. The maximum atomic E-state index is 12.7. The normalized spacial score (nSPS) is 44.6. The van der Waals surface area contributed by atoms with E-state index in [0.29, 0.717) is 30.5 Å². The number of allylic oxidation sites excluding steroid dienone is 1. The Hall–Kier alpha value is -1.65. The highest BCUT2D eigenvalue weighted by molar-refractivity contribution is 5.87. The molecule has 0 aliphatic heterocycles. The minimum Gasteiger partial charge on any atom is -0.462 e. The van der Waals surface area contributed by atoms with Crippen LogP contribution in [0.1, 0.15) is 72.6 Å². The van der Waals surface area contributed by atoms with Crippen LogP contribution >= 0.6 is 0 Å². The van der Waals surface area contributed by atoms with Crippen molar-refractivity contribution < 1.29 is 23.9 Å². The standard InChI is InChI=1S/C23H32O5/c1-13(24)27-16-9-10-22(3)15(11-16)5-6-17-18-7-8-20(26)23(18,4)12-19(21(17)22)28-14(2)25/h5,16-19,21H,6-12H2,1-4H3/t16-,17-,18-,19-,21+,22-,23-/m0/s1. The number of fused-ring (bicyclic) bond motifs is 5. The van der Waals surface area contributed by atoms with Gasteiger partial charge in [0.25, 0.3) is 0 Å². The number of ketones is 1. The summed E-state index contributed by atoms with van der Waals surface area (Å²) in [6, 6.07) is 0. The van der Waals surface area contributed by atoms with Crippen LogP contribution in [0.15, 0.2) is 11.6 Å². The number of carbonyl (C=O) groups excluding carboxylic acids is 3. The summed E-state index contributed by atoms with van der Waals surface area (Å²) < 4.78 is 11.4. The van der Waals surface area contributed by atoms with Crippen molar-refractivity contribution in [3.63, 3.8) is 0 Å². The van der Waals surface area contributed by atoms with Crippen molar-refractivity contribution in [1.82, 2.24) is 0 Å². The molecule has 0 amide bonds. The average Bonchev–Trinajstić information content (AvgIpc) is 2.89. The van der Waals surface area contributed by atoms with E-state index in [-0.39, 0.29) is 40.9 Å². The zero-order chi connectivity index (χ0) is 20.3. The minimum atomic E-state index is -0.363. The predicted octanol–water partition coefficient (Wildman–Crippen LogP) is 3.99. The molecule has 0 bridgehead atoms. The average molecular weight is 389 g/mol. The summed E-state index contributed by atoms with van der Waals surface area (Å²) >= 11 is 0. The van der Waals surface area contributed by atoms with E-state index in [1.54, 1.807) is 0 Å². The monoisotopic (exact) mass is 388 g/mol. The van der Waals surface area contributed by atoms with Crippen LogP contribution in [0.2, 0.25) is 0 Å². The predicted molar refractivity (Wildman–Crippen MR) is 103 cm³/mol. The van der Waals surface area contributed by atoms with Crippen LogP contribution in [-0.4, -0.2) is 29.9 Å². The van der Waals surface area contributed by atoms with Gasteiger partial charge in [-0.1, -0.05) is 25.5 Å². The maximum absolute atomic E-state index is 12.7. The fourth-order valence-corrected chi connectivity index (χ4v) is 7.15. The molecule has 5 heteroatoms. The molecule has 0 heterocycles. The lowest BCUT2D eigenvalue weighted by molar-refractivity contribution is -0.174. The zero-order valence-corrected chi connectivity index (χ0v) is 17.5. The molecule has 3 saturated carbocycles. The van der Waals surface area contributed by atoms with Crippen molar-refractivity contribution in [3.8, 4) is 0 Å². The molecule has 0 aromatic carbocycles. The molecular weight excluding hydrogens is 356 g/mol. The molecule has 0 spiro atoms. The van der Waals surface area contributed by atoms with E-state index in [2.05, 4.69) is 19.9 Å². The number of ether oxygens (including phenoxy) is 2. The highest BCUT2D eigenvalue weighted by Crippen LogP contribution is 2.64. The molecule has 7 atom stereocenters. The summed E-state index contributed by atoms with van der Waals surface area (Å²) in [5.74, 6) is 0.833. The van der Waals surface area contributed by atoms with Crippen molar-refractivity contribution in [2.45, 2.75) is 84.8 Å². The molecule has 0 unspecified atom stereocenters. The van der Waals surface area contributed by atoms with Crippen LogP contribution in [0, 0.1) is 28.6 Å². The van der Waals surface area contributed by atoms with Gasteiger partial charge in [0.2, 0.25) is 0 Å². The first-order valence-corrected chi connectivity index (χ1v) is 10.7. The Bertz CT molecular complexity index is 739. The van der Waals surface area contributed by atoms with Crippen LogP contribution in [0.4, 0.5) is 0 Å². The Morgan fingerprint density at radius 2 is 1.79 bits per heavy atom. The Morgan fingerprint density at radius 3 is 2.46 bits per heavy atom. The SMILES string of the molecule is CC(=O)O[C@H]1CC[C@@]2(C)C(=CC[C@@H]3[C@@H]2[C@@H](OC(C)=O)C[C@]2(C)C(=O)CC[C@@H]32)C1. The zero-order valence-electron chi connectivity index (χ0n) is 17.5. The first-order valence-electron chi connectivity index (χ1n) is 10.7. The molecular formula is C23H32O5. The van der Waals surface area contributed by atoms with E-state index in [0.717, 1.165) is 32.1 Å². The highest BCUT2D eigenvalue weighted by Gasteiger charge is 2.62. The van der Waals surface area contributed by atoms with Crippen molar-refractivity contribution in [2.75, 3.05) is 0 Å². The van der Waals surface area contributed by atoms with E-state index in [1.807, 2.05) is 0 Å². The largest absolute Gasteiger partial charge is 0.462 e. The summed E-state index contributed by atoms with van der Waals surface area (Å²) in [7, 11) is 0. The topological polar surface area (TPSA) is 69.7 Å². The van der Waals surface area contributed by atoms with Crippen LogP contribution in [0.25, 0.3) is 0 Å². The van der Waals surface area contributed by atoms with Crippen molar-refractivity contribution >= 4 is 17.7 Å². The fraction of sp³-hybridized carbons (Fsp3) is 0.783. The summed E-state index contributed by atoms with van der Waals surface area (Å²) in [4.78, 5) is 36.1. The summed E-state index contributed by atoms with van der Waals surface area (Å²) in [5.41, 5.74) is 0.918. The number of Topliss-reactive ketones (excluding diaryl/α,β-unsaturated/α-hetero) is 1. The van der Waals surface area contributed by atoms with Gasteiger partial charge in [-0.25, -0.2) is 0 Å². The smallest absolute Gasteiger partial charge is 0.302 e. The number of hydrogen-bond donors (Lipinski definition) is 0. The van der Waals surface area contributed by atoms with Crippen molar-refractivity contribution in [2.24, 2.45) is 28.6 Å². The molecule has 0 aromatic heterocycles. The molecule has 4 aliphatic carbocycles. The van der Waals surface area contributed by atoms with Gasteiger partial charge in [-0.05, 0) is 49.4 Å². The first-order chi connectivity index (χ1) is 13.1. The molecule has 0 aromatic rings. The minimum absolute atomic E-state index is 0.0533. The van der Waals surface area contributed by atoms with E-state index in [1.165, 1.54) is 19.4 Å². The van der Waals surface area contributed by atoms with Crippen LogP contribution < -0.4 is 0 Å². The fourth-order valence-electron chi connectivity index (χ4n) is 7.15. The Kier molecular flexibility index (Phi) is 4.71. The molecule has 0 saturated heterocycles. The van der Waals surface area contributed by atoms with E-state index >= 15 is 0 Å². The number of carbonyl (C=O) groups is 3. The van der Waals surface area contributed by atoms with Crippen LogP contribution in [0.3, 0.4) is 0 Å². The van der Waals surface area contributed by atoms with E-state index < -0.39 is 0 Å². The van der Waals surface area contributed by atoms with Crippen molar-refractivity contribution in [1.29, 1.82) is 0 Å². The number of esters is 2. The quantitative estimate of drug-likeness (QED) is 0.528. The molecule has 3 fully saturated rings. The summed E-state index contributed by atoms with van der Waals surface area (Å²) in [5, 5.41) is 0. The Balaban J connectivity index is 1.69. The molecule has 5 nitrogen and oxygen atoms in total. The molecule has 0 N–H and O–H groups in total. The molecule has 4 rings (SSSR count). The van der Waals surface area contributed by atoms with Gasteiger partial charge in [-0.2, -0.15) is 0 Å². The van der Waals surface area contributed by atoms with E-state index in [9.17, 15) is 14.4 Å². The Labute approximate surface area is 167 Å². The van der Waals surface area contributed by atoms with Gasteiger partial charge in [-0.15, -0.1) is 0 Å². The van der Waals surface area contributed by atoms with Gasteiger partial charge in [0.1, 0.15) is 18.0 Å². The third-order valence-electron chi connectivity index (χ3n) is 8.33. The molecule has 4 aliphatic rings. The maximum Gasteiger partial charge on any atom is 0.302 e. The Morgan fingerprint density at radius 1 is 1.07 bits per heavy atom. The van der Waals surface area contributed by atoms with Gasteiger partial charge in [-0.3, -0.25) is 14.4 Å². The molecule has 0 radical (unpaired) electrons. The van der Waals surface area contributed by atoms with Gasteiger partial charge < -0.3 is 9.47 Å². The lowest BCUT2D eigenvalue weighted by Gasteiger charge is -2.59. The van der Waals surface area contributed by atoms with Gasteiger partial charge in [0.05, 0.1) is 0 Å². The van der Waals surface area contributed by atoms with Gasteiger partial charge in [0, 0.05) is 38.0 Å². The summed E-state index contributed by atoms with van der Waals surface area (Å²) in [6.07, 6.45) is 7.78. The number of hydrogen-bond acceptors (Lipinski definition) is 5. The first kappa shape index (κ1) is 19.7. The van der Waals surface area contributed by atoms with Gasteiger partial charge >= 0.3 is 11.9 Å². The highest BCUT2D eigenvalue weighted by atomic mass is 16.5. The summed E-state index contributed by atoms with van der Waals surface area (Å²) in [6.45, 7) is 7.34. The second-order valence-electron chi connectivity index (χ2n) is 9.88. The van der Waals surface area contributed by atoms with Crippen LogP contribution in [0.5, 0.6) is 0 Å². The third-order valence-corrected chi connectivity index (χ3v) is 8.33. The molecule has 28 heavy (non-hydrogen) atoms. The number of rotatable bonds is 2. The van der Waals surface area contributed by atoms with Gasteiger partial charge in [0.15, 0.2) is 0 Å². The van der Waals surface area contributed by atoms with E-state index in [4.69, 9.17) is 9.47 Å².